The summed E-state index contributed by atoms with van der Waals surface area (Å²) in [7, 11) is -3.52. The van der Waals surface area contributed by atoms with Crippen LogP contribution in [-0.4, -0.2) is 45.0 Å². The van der Waals surface area contributed by atoms with Gasteiger partial charge in [-0.2, -0.15) is 8.42 Å². The number of carboxylic acid groups (broad SMARTS) is 1. The highest BCUT2D eigenvalue weighted by Crippen LogP contribution is 2.15. The average Bonchev–Trinajstić information content (AvgIpc) is 2.66. The number of carboxylic acids is 1. The molecule has 1 atom stereocenters. The predicted octanol–water partition coefficient (Wildman–Crippen LogP) is 3.18. The summed E-state index contributed by atoms with van der Waals surface area (Å²) in [5.41, 5.74) is 2.72. The maximum absolute atomic E-state index is 11.2. The van der Waals surface area contributed by atoms with Crippen molar-refractivity contribution < 1.29 is 27.2 Å². The van der Waals surface area contributed by atoms with Gasteiger partial charge in [-0.05, 0) is 42.3 Å². The van der Waals surface area contributed by atoms with Gasteiger partial charge >= 0.3 is 16.1 Å². The fourth-order valence-corrected chi connectivity index (χ4v) is 3.03. The largest absolute Gasteiger partial charge is 0.479 e. The molecular formula is C21H25NO6S. The van der Waals surface area contributed by atoms with Gasteiger partial charge in [-0.15, -0.1) is 0 Å². The van der Waals surface area contributed by atoms with E-state index in [1.54, 1.807) is 31.2 Å². The Hall–Kier alpha value is -2.84. The predicted molar refractivity (Wildman–Crippen MR) is 113 cm³/mol. The molecule has 0 radical (unpaired) electrons. The molecule has 0 amide bonds. The first-order valence-electron chi connectivity index (χ1n) is 9.10. The maximum atomic E-state index is 11.2. The van der Waals surface area contributed by atoms with Crippen molar-refractivity contribution in [1.29, 1.82) is 0 Å². The van der Waals surface area contributed by atoms with Crippen molar-refractivity contribution in [3.8, 4) is 5.75 Å². The molecule has 0 saturated heterocycles. The molecule has 0 saturated carbocycles. The number of ether oxygens (including phenoxy) is 1. The number of hydrogen-bond acceptors (Lipinski definition) is 6. The third kappa shape index (κ3) is 8.37. The van der Waals surface area contributed by atoms with Crippen LogP contribution in [0.5, 0.6) is 5.75 Å². The molecule has 29 heavy (non-hydrogen) atoms. The van der Waals surface area contributed by atoms with Gasteiger partial charge in [0.05, 0.1) is 6.26 Å². The van der Waals surface area contributed by atoms with Crippen LogP contribution in [0.3, 0.4) is 0 Å². The van der Waals surface area contributed by atoms with Gasteiger partial charge in [-0.1, -0.05) is 36.4 Å². The van der Waals surface area contributed by atoms with Crippen LogP contribution in [0.2, 0.25) is 0 Å². The van der Waals surface area contributed by atoms with E-state index >= 15 is 0 Å². The molecule has 0 heterocycles. The normalized spacial score (nSPS) is 12.6. The molecule has 0 aliphatic rings. The molecule has 2 aromatic carbocycles. The van der Waals surface area contributed by atoms with E-state index in [0.717, 1.165) is 23.1 Å². The number of anilines is 1. The van der Waals surface area contributed by atoms with Crippen LogP contribution < -0.4 is 9.50 Å². The van der Waals surface area contributed by atoms with Crippen molar-refractivity contribution in [3.05, 3.63) is 65.7 Å². The Labute approximate surface area is 171 Å². The first-order chi connectivity index (χ1) is 13.8. The second-order valence-corrected chi connectivity index (χ2v) is 7.90. The molecular weight excluding hydrogens is 394 g/mol. The zero-order valence-corrected chi connectivity index (χ0v) is 17.2. The van der Waals surface area contributed by atoms with Crippen molar-refractivity contribution in [2.24, 2.45) is 0 Å². The van der Waals surface area contributed by atoms with Gasteiger partial charge in [-0.3, -0.25) is 0 Å². The van der Waals surface area contributed by atoms with Gasteiger partial charge in [0.2, 0.25) is 0 Å². The minimum Gasteiger partial charge on any atom is -0.479 e. The molecule has 0 aliphatic carbocycles. The van der Waals surface area contributed by atoms with E-state index in [4.69, 9.17) is 14.0 Å². The fraction of sp³-hybridized carbons (Fsp3) is 0.286. The number of aliphatic carboxylic acids is 1. The number of carbonyl (C=O) groups is 1. The maximum Gasteiger partial charge on any atom is 0.333 e. The van der Waals surface area contributed by atoms with Crippen LogP contribution >= 0.6 is 0 Å². The monoisotopic (exact) mass is 419 g/mol. The topological polar surface area (TPSA) is 102 Å². The molecule has 2 aromatic rings. The minimum atomic E-state index is -3.52. The molecule has 0 aromatic heterocycles. The van der Waals surface area contributed by atoms with Crippen molar-refractivity contribution in [2.45, 2.75) is 19.4 Å². The Morgan fingerprint density at radius 2 is 1.79 bits per heavy atom. The Morgan fingerprint density at radius 3 is 2.34 bits per heavy atom. The fourth-order valence-electron chi connectivity index (χ4n) is 2.57. The van der Waals surface area contributed by atoms with Crippen LogP contribution in [0.25, 0.3) is 6.08 Å². The second kappa shape index (κ2) is 10.6. The van der Waals surface area contributed by atoms with Gasteiger partial charge in [0.25, 0.3) is 0 Å². The smallest absolute Gasteiger partial charge is 0.333 e. The van der Waals surface area contributed by atoms with Gasteiger partial charge in [0, 0.05) is 25.3 Å². The van der Waals surface area contributed by atoms with Gasteiger partial charge in [-0.25, -0.2) is 4.79 Å². The van der Waals surface area contributed by atoms with Crippen molar-refractivity contribution in [2.75, 3.05) is 24.7 Å². The molecule has 0 spiro atoms. The summed E-state index contributed by atoms with van der Waals surface area (Å²) in [5.74, 6) is -0.688. The van der Waals surface area contributed by atoms with E-state index in [9.17, 15) is 13.2 Å². The summed E-state index contributed by atoms with van der Waals surface area (Å²) in [6.07, 6.45) is 4.34. The molecule has 8 heteroatoms. The van der Waals surface area contributed by atoms with E-state index in [2.05, 4.69) is 5.32 Å². The summed E-state index contributed by atoms with van der Waals surface area (Å²) in [6, 6.07) is 14.3. The molecule has 7 nitrogen and oxygen atoms in total. The van der Waals surface area contributed by atoms with Gasteiger partial charge < -0.3 is 19.3 Å². The lowest BCUT2D eigenvalue weighted by Crippen LogP contribution is -2.26. The molecule has 0 aliphatic heterocycles. The van der Waals surface area contributed by atoms with E-state index in [-0.39, 0.29) is 5.75 Å². The highest BCUT2D eigenvalue weighted by molar-refractivity contribution is 7.86. The number of benzene rings is 2. The number of rotatable bonds is 11. The quantitative estimate of drug-likeness (QED) is 0.539. The highest BCUT2D eigenvalue weighted by Gasteiger charge is 2.17. The Morgan fingerprint density at radius 1 is 1.14 bits per heavy atom. The number of hydrogen-bond donors (Lipinski definition) is 2. The van der Waals surface area contributed by atoms with E-state index < -0.39 is 22.2 Å². The zero-order valence-electron chi connectivity index (χ0n) is 16.4. The van der Waals surface area contributed by atoms with Crippen LogP contribution in [-0.2, 0) is 26.1 Å². The lowest BCUT2D eigenvalue weighted by Gasteiger charge is -2.12. The van der Waals surface area contributed by atoms with E-state index in [1.807, 2.05) is 36.4 Å². The summed E-state index contributed by atoms with van der Waals surface area (Å²) >= 11 is 0. The Balaban J connectivity index is 1.83. The van der Waals surface area contributed by atoms with Crippen LogP contribution in [0.15, 0.2) is 54.6 Å². The average molecular weight is 419 g/mol. The molecule has 1 unspecified atom stereocenters. The SMILES string of the molecule is CCOC(Cc1ccc(NC/C=C/c2ccc(OS(C)(=O)=O)cc2)cc1)C(=O)O. The molecule has 2 N–H and O–H groups in total. The van der Waals surface area contributed by atoms with Crippen LogP contribution in [0.4, 0.5) is 5.69 Å². The standard InChI is InChI=1S/C21H25NO6S/c1-3-27-20(21(23)24)15-17-6-10-18(11-7-17)22-14-4-5-16-8-12-19(13-9-16)28-29(2,25)26/h4-13,20,22H,3,14-15H2,1-2H3,(H,23,24)/b5-4+. The Bertz CT molecular complexity index is 921. The number of nitrogens with one attached hydrogen (secondary N) is 1. The van der Waals surface area contributed by atoms with Crippen molar-refractivity contribution in [1.82, 2.24) is 0 Å². The van der Waals surface area contributed by atoms with Gasteiger partial charge in [0.1, 0.15) is 5.75 Å². The molecule has 0 bridgehead atoms. The summed E-state index contributed by atoms with van der Waals surface area (Å²) in [4.78, 5) is 11.2. The van der Waals surface area contributed by atoms with Gasteiger partial charge in [0.15, 0.2) is 6.10 Å². The first-order valence-corrected chi connectivity index (χ1v) is 10.9. The zero-order chi connectivity index (χ0) is 21.3. The first kappa shape index (κ1) is 22.4. The molecule has 156 valence electrons. The molecule has 2 rings (SSSR count). The van der Waals surface area contributed by atoms with E-state index in [1.165, 1.54) is 0 Å². The van der Waals surface area contributed by atoms with Crippen molar-refractivity contribution >= 4 is 27.9 Å². The summed E-state index contributed by atoms with van der Waals surface area (Å²) in [5, 5.41) is 12.4. The second-order valence-electron chi connectivity index (χ2n) is 6.32. The summed E-state index contributed by atoms with van der Waals surface area (Å²) < 4.78 is 32.2. The van der Waals surface area contributed by atoms with Crippen molar-refractivity contribution in [3.63, 3.8) is 0 Å². The minimum absolute atomic E-state index is 0.275. The van der Waals surface area contributed by atoms with Crippen LogP contribution in [0.1, 0.15) is 18.1 Å². The third-order valence-corrected chi connectivity index (χ3v) is 4.38. The third-order valence-electron chi connectivity index (χ3n) is 3.88. The summed E-state index contributed by atoms with van der Waals surface area (Å²) in [6.45, 7) is 2.72. The van der Waals surface area contributed by atoms with E-state index in [0.29, 0.717) is 19.6 Å². The molecule has 0 fully saturated rings. The Kier molecular flexibility index (Phi) is 8.23. The lowest BCUT2D eigenvalue weighted by molar-refractivity contribution is -0.149. The van der Waals surface area contributed by atoms with Crippen LogP contribution in [0, 0.1) is 0 Å². The lowest BCUT2D eigenvalue weighted by atomic mass is 10.1. The highest BCUT2D eigenvalue weighted by atomic mass is 32.2.